The van der Waals surface area contributed by atoms with Crippen LogP contribution in [0.25, 0.3) is 0 Å². The third-order valence-corrected chi connectivity index (χ3v) is 3.07. The van der Waals surface area contributed by atoms with Crippen LogP contribution >= 0.6 is 0 Å². The Hall–Kier alpha value is -2.56. The van der Waals surface area contributed by atoms with Crippen LogP contribution < -0.4 is 15.4 Å². The first-order valence-electron chi connectivity index (χ1n) is 7.72. The van der Waals surface area contributed by atoms with Gasteiger partial charge >= 0.3 is 0 Å². The number of aliphatic imine (C=N–C) groups is 1. The van der Waals surface area contributed by atoms with Gasteiger partial charge in [0, 0.05) is 12.6 Å². The van der Waals surface area contributed by atoms with Gasteiger partial charge in [-0.2, -0.15) is 0 Å². The molecule has 5 heteroatoms. The lowest BCUT2D eigenvalue weighted by Crippen LogP contribution is -2.39. The van der Waals surface area contributed by atoms with E-state index in [2.05, 4.69) is 15.6 Å². The molecule has 0 aliphatic heterocycles. The van der Waals surface area contributed by atoms with Crippen LogP contribution in [0, 0.1) is 5.82 Å². The van der Waals surface area contributed by atoms with Gasteiger partial charge in [-0.15, -0.1) is 0 Å². The lowest BCUT2D eigenvalue weighted by atomic mass is 10.2. The molecule has 0 unspecified atom stereocenters. The molecule has 0 saturated carbocycles. The summed E-state index contributed by atoms with van der Waals surface area (Å²) in [7, 11) is 0. The molecule has 0 spiro atoms. The summed E-state index contributed by atoms with van der Waals surface area (Å²) < 4.78 is 18.5. The van der Waals surface area contributed by atoms with Crippen LogP contribution in [0.4, 0.5) is 4.39 Å². The fourth-order valence-corrected chi connectivity index (χ4v) is 1.99. The molecule has 0 aromatic heterocycles. The lowest BCUT2D eigenvalue weighted by Gasteiger charge is -2.12. The molecule has 2 rings (SSSR count). The summed E-state index contributed by atoms with van der Waals surface area (Å²) in [5.74, 6) is 0.963. The largest absolute Gasteiger partial charge is 0.492 e. The maximum atomic E-state index is 13.0. The van der Waals surface area contributed by atoms with Crippen LogP contribution in [0.1, 0.15) is 12.5 Å². The summed E-state index contributed by atoms with van der Waals surface area (Å²) >= 11 is 0. The van der Waals surface area contributed by atoms with Crippen molar-refractivity contribution in [3.05, 3.63) is 66.0 Å². The molecular formula is C18H22FN3O. The van der Waals surface area contributed by atoms with Crippen molar-refractivity contribution in [2.75, 3.05) is 19.7 Å². The van der Waals surface area contributed by atoms with Gasteiger partial charge in [-0.25, -0.2) is 9.38 Å². The van der Waals surface area contributed by atoms with E-state index in [0.717, 1.165) is 18.1 Å². The first-order valence-corrected chi connectivity index (χ1v) is 7.72. The summed E-state index contributed by atoms with van der Waals surface area (Å²) in [5, 5.41) is 6.38. The van der Waals surface area contributed by atoms with E-state index < -0.39 is 0 Å². The Labute approximate surface area is 136 Å². The fraction of sp³-hybridized carbons (Fsp3) is 0.278. The number of ether oxygens (including phenoxy) is 1. The van der Waals surface area contributed by atoms with Gasteiger partial charge in [-0.05, 0) is 24.6 Å². The Morgan fingerprint density at radius 2 is 1.91 bits per heavy atom. The number of benzene rings is 2. The Morgan fingerprint density at radius 1 is 1.09 bits per heavy atom. The first-order chi connectivity index (χ1) is 11.3. The zero-order valence-corrected chi connectivity index (χ0v) is 13.3. The van der Waals surface area contributed by atoms with Crippen LogP contribution in [0.15, 0.2) is 59.6 Å². The van der Waals surface area contributed by atoms with Crippen LogP contribution in [-0.4, -0.2) is 25.7 Å². The summed E-state index contributed by atoms with van der Waals surface area (Å²) in [4.78, 5) is 4.52. The van der Waals surface area contributed by atoms with Crippen molar-refractivity contribution in [1.29, 1.82) is 0 Å². The van der Waals surface area contributed by atoms with E-state index in [-0.39, 0.29) is 5.82 Å². The number of nitrogens with one attached hydrogen (secondary N) is 2. The van der Waals surface area contributed by atoms with E-state index in [1.807, 2.05) is 37.3 Å². The van der Waals surface area contributed by atoms with Crippen LogP contribution in [-0.2, 0) is 6.54 Å². The zero-order valence-electron chi connectivity index (χ0n) is 13.3. The molecule has 23 heavy (non-hydrogen) atoms. The molecule has 2 aromatic carbocycles. The van der Waals surface area contributed by atoms with E-state index in [1.165, 1.54) is 12.1 Å². The lowest BCUT2D eigenvalue weighted by molar-refractivity contribution is 0.320. The Balaban J connectivity index is 1.78. The summed E-state index contributed by atoms with van der Waals surface area (Å²) in [6, 6.07) is 16.2. The van der Waals surface area contributed by atoms with Gasteiger partial charge in [0.2, 0.25) is 0 Å². The predicted octanol–water partition coefficient (Wildman–Crippen LogP) is 2.96. The molecule has 0 aliphatic rings. The molecule has 2 N–H and O–H groups in total. The Morgan fingerprint density at radius 3 is 2.65 bits per heavy atom. The van der Waals surface area contributed by atoms with Crippen LogP contribution in [0.3, 0.4) is 0 Å². The zero-order chi connectivity index (χ0) is 16.3. The highest BCUT2D eigenvalue weighted by molar-refractivity contribution is 5.79. The third-order valence-electron chi connectivity index (χ3n) is 3.07. The standard InChI is InChI=1S/C18H22FN3O/c1-2-20-18(22-14-15-7-4-3-5-8-15)21-11-12-23-17-10-6-9-16(19)13-17/h3-10,13H,2,11-12,14H2,1H3,(H2,20,21,22). The van der Waals surface area contributed by atoms with Gasteiger partial charge in [-0.3, -0.25) is 0 Å². The normalized spacial score (nSPS) is 11.1. The topological polar surface area (TPSA) is 45.7 Å². The van der Waals surface area contributed by atoms with Crippen molar-refractivity contribution in [3.63, 3.8) is 0 Å². The summed E-state index contributed by atoms with van der Waals surface area (Å²) in [6.07, 6.45) is 0. The highest BCUT2D eigenvalue weighted by atomic mass is 19.1. The van der Waals surface area contributed by atoms with Crippen molar-refractivity contribution < 1.29 is 9.13 Å². The molecule has 122 valence electrons. The second kappa shape index (κ2) is 9.46. The van der Waals surface area contributed by atoms with Gasteiger partial charge < -0.3 is 15.4 Å². The van der Waals surface area contributed by atoms with Gasteiger partial charge in [0.05, 0.1) is 13.1 Å². The molecule has 4 nitrogen and oxygen atoms in total. The maximum Gasteiger partial charge on any atom is 0.191 e. The molecular weight excluding hydrogens is 293 g/mol. The maximum absolute atomic E-state index is 13.0. The monoisotopic (exact) mass is 315 g/mol. The predicted molar refractivity (Wildman–Crippen MR) is 91.2 cm³/mol. The van der Waals surface area contributed by atoms with Crippen molar-refractivity contribution in [2.45, 2.75) is 13.5 Å². The number of nitrogens with zero attached hydrogens (tertiary/aromatic N) is 1. The first kappa shape index (κ1) is 16.8. The minimum absolute atomic E-state index is 0.298. The molecule has 0 heterocycles. The van der Waals surface area contributed by atoms with E-state index in [0.29, 0.717) is 25.4 Å². The molecule has 0 saturated heterocycles. The number of guanidine groups is 1. The summed E-state index contributed by atoms with van der Waals surface area (Å²) in [5.41, 5.74) is 1.15. The van der Waals surface area contributed by atoms with Crippen molar-refractivity contribution in [3.8, 4) is 5.75 Å². The van der Waals surface area contributed by atoms with Crippen molar-refractivity contribution >= 4 is 5.96 Å². The van der Waals surface area contributed by atoms with E-state index in [9.17, 15) is 4.39 Å². The molecule has 2 aromatic rings. The van der Waals surface area contributed by atoms with E-state index >= 15 is 0 Å². The highest BCUT2D eigenvalue weighted by Crippen LogP contribution is 2.11. The molecule has 0 radical (unpaired) electrons. The highest BCUT2D eigenvalue weighted by Gasteiger charge is 1.99. The molecule has 0 fully saturated rings. The van der Waals surface area contributed by atoms with Crippen LogP contribution in [0.2, 0.25) is 0 Å². The van der Waals surface area contributed by atoms with Gasteiger partial charge in [0.15, 0.2) is 5.96 Å². The SMILES string of the molecule is CCNC(=NCc1ccccc1)NCCOc1cccc(F)c1. The third kappa shape index (κ3) is 6.38. The van der Waals surface area contributed by atoms with Crippen molar-refractivity contribution in [2.24, 2.45) is 4.99 Å². The minimum Gasteiger partial charge on any atom is -0.492 e. The second-order valence-corrected chi connectivity index (χ2v) is 4.91. The van der Waals surface area contributed by atoms with Crippen molar-refractivity contribution in [1.82, 2.24) is 10.6 Å². The average molecular weight is 315 g/mol. The Bertz CT molecular complexity index is 617. The van der Waals surface area contributed by atoms with Gasteiger partial charge in [0.25, 0.3) is 0 Å². The quantitative estimate of drug-likeness (QED) is 0.469. The fourth-order valence-electron chi connectivity index (χ4n) is 1.99. The molecule has 0 atom stereocenters. The van der Waals surface area contributed by atoms with Crippen LogP contribution in [0.5, 0.6) is 5.75 Å². The number of hydrogen-bond donors (Lipinski definition) is 2. The second-order valence-electron chi connectivity index (χ2n) is 4.91. The van der Waals surface area contributed by atoms with E-state index in [1.54, 1.807) is 12.1 Å². The average Bonchev–Trinajstić information content (AvgIpc) is 2.57. The Kier molecular flexibility index (Phi) is 6.91. The van der Waals surface area contributed by atoms with Gasteiger partial charge in [0.1, 0.15) is 18.2 Å². The van der Waals surface area contributed by atoms with E-state index in [4.69, 9.17) is 4.74 Å². The molecule has 0 aliphatic carbocycles. The number of halogens is 1. The van der Waals surface area contributed by atoms with Gasteiger partial charge in [-0.1, -0.05) is 36.4 Å². The smallest absolute Gasteiger partial charge is 0.191 e. The summed E-state index contributed by atoms with van der Waals surface area (Å²) in [6.45, 7) is 4.42. The number of rotatable bonds is 7. The minimum atomic E-state index is -0.298. The molecule has 0 bridgehead atoms. The number of hydrogen-bond acceptors (Lipinski definition) is 2. The molecule has 0 amide bonds.